The van der Waals surface area contributed by atoms with E-state index in [0.717, 1.165) is 22.3 Å². The van der Waals surface area contributed by atoms with Crippen LogP contribution in [0.4, 0.5) is 4.79 Å². The number of aliphatic imine (C=N–C) groups is 1. The molecule has 3 aromatic rings. The quantitative estimate of drug-likeness (QED) is 0.247. The summed E-state index contributed by atoms with van der Waals surface area (Å²) in [6.07, 6.45) is 0. The van der Waals surface area contributed by atoms with Crippen molar-refractivity contribution in [2.45, 2.75) is 52.6 Å². The molecule has 2 heterocycles. The number of nitriles is 1. The monoisotopic (exact) mass is 669 g/mol. The van der Waals surface area contributed by atoms with Crippen LogP contribution in [-0.4, -0.2) is 65.9 Å². The fourth-order valence-corrected chi connectivity index (χ4v) is 5.90. The van der Waals surface area contributed by atoms with E-state index in [9.17, 15) is 10.1 Å². The molecule has 10 heteroatoms. The smallest absolute Gasteiger partial charge is 0.326 e. The van der Waals surface area contributed by atoms with Gasteiger partial charge in [-0.05, 0) is 65.4 Å². The first-order valence-electron chi connectivity index (χ1n) is 14.6. The number of hydrogen-bond donors (Lipinski definition) is 0. The van der Waals surface area contributed by atoms with Crippen molar-refractivity contribution in [2.24, 2.45) is 4.99 Å². The maximum Gasteiger partial charge on any atom is 0.326 e. The molecule has 0 spiro atoms. The third-order valence-electron chi connectivity index (χ3n) is 8.02. The number of carbonyl (C=O) groups excluding carboxylic acids is 1. The number of benzene rings is 3. The van der Waals surface area contributed by atoms with Gasteiger partial charge in [0.2, 0.25) is 0 Å². The Morgan fingerprint density at radius 3 is 2.07 bits per heavy atom. The van der Waals surface area contributed by atoms with Crippen LogP contribution in [0.5, 0.6) is 5.75 Å². The van der Waals surface area contributed by atoms with E-state index in [2.05, 4.69) is 43.9 Å². The molecule has 2 amide bonds. The highest BCUT2D eigenvalue weighted by atomic mass is 35.5. The van der Waals surface area contributed by atoms with Gasteiger partial charge in [-0.1, -0.05) is 81.7 Å². The largest absolute Gasteiger partial charge is 0.493 e. The van der Waals surface area contributed by atoms with Crippen LogP contribution < -0.4 is 4.74 Å². The third kappa shape index (κ3) is 7.93. The van der Waals surface area contributed by atoms with Crippen molar-refractivity contribution in [1.82, 2.24) is 14.7 Å². The van der Waals surface area contributed by atoms with Crippen LogP contribution in [0.2, 0.25) is 10.0 Å². The average Bonchev–Trinajstić information content (AvgIpc) is 3.38. The van der Waals surface area contributed by atoms with Gasteiger partial charge in [0.25, 0.3) is 0 Å². The van der Waals surface area contributed by atoms with Crippen LogP contribution in [0.1, 0.15) is 69.5 Å². The zero-order chi connectivity index (χ0) is 30.7. The Balaban J connectivity index is 0.00000276. The van der Waals surface area contributed by atoms with E-state index in [4.69, 9.17) is 32.9 Å². The molecule has 0 N–H and O–H groups in total. The summed E-state index contributed by atoms with van der Waals surface area (Å²) in [6.45, 7) is 11.6. The maximum atomic E-state index is 14.6. The molecule has 5 rings (SSSR count). The van der Waals surface area contributed by atoms with Crippen LogP contribution in [0, 0.1) is 11.3 Å². The fraction of sp³-hybridized carbons (Fsp3) is 0.400. The van der Waals surface area contributed by atoms with Gasteiger partial charge in [0.15, 0.2) is 0 Å². The highest BCUT2D eigenvalue weighted by Crippen LogP contribution is 2.46. The molecule has 7 nitrogen and oxygen atoms in total. The van der Waals surface area contributed by atoms with Crippen molar-refractivity contribution in [3.63, 3.8) is 0 Å². The van der Waals surface area contributed by atoms with E-state index in [0.29, 0.717) is 61.0 Å². The van der Waals surface area contributed by atoms with E-state index >= 15 is 0 Å². The van der Waals surface area contributed by atoms with E-state index in [1.807, 2.05) is 71.3 Å². The van der Waals surface area contributed by atoms with Crippen LogP contribution >= 0.6 is 35.6 Å². The van der Waals surface area contributed by atoms with Gasteiger partial charge in [0, 0.05) is 36.2 Å². The Morgan fingerprint density at radius 2 is 1.53 bits per heavy atom. The Kier molecular flexibility index (Phi) is 12.3. The summed E-state index contributed by atoms with van der Waals surface area (Å²) in [7, 11) is 0. The number of piperazine rings is 1. The highest BCUT2D eigenvalue weighted by Gasteiger charge is 2.45. The second-order valence-electron chi connectivity index (χ2n) is 11.9. The number of hydrogen-bond acceptors (Lipinski definition) is 5. The molecule has 1 saturated heterocycles. The first-order valence-corrected chi connectivity index (χ1v) is 15.4. The van der Waals surface area contributed by atoms with Crippen LogP contribution in [0.3, 0.4) is 0 Å². The highest BCUT2D eigenvalue weighted by molar-refractivity contribution is 6.30. The SMILES string of the molecule is C.CCOc1cc(C(C)(C)C)ccc1C1=N[C@@H](c2ccc(Cl)cc2)[C@@H](c2ccc(Cl)cc2)N1C(=O)N1CCN(CC#N)CC1.Cl. The molecule has 2 aliphatic rings. The van der Waals surface area contributed by atoms with E-state index in [1.165, 1.54) is 0 Å². The lowest BCUT2D eigenvalue weighted by molar-refractivity contribution is 0.125. The first kappa shape index (κ1) is 36.2. The van der Waals surface area contributed by atoms with Gasteiger partial charge >= 0.3 is 6.03 Å². The number of rotatable bonds is 6. The van der Waals surface area contributed by atoms with E-state index in [-0.39, 0.29) is 31.3 Å². The molecule has 3 aromatic carbocycles. The lowest BCUT2D eigenvalue weighted by Crippen LogP contribution is -2.54. The molecule has 2 aliphatic heterocycles. The normalized spacial score (nSPS) is 18.4. The van der Waals surface area contributed by atoms with Crippen LogP contribution in [-0.2, 0) is 5.41 Å². The number of urea groups is 1. The number of amidine groups is 1. The van der Waals surface area contributed by atoms with Crippen LogP contribution in [0.15, 0.2) is 71.7 Å². The fourth-order valence-electron chi connectivity index (χ4n) is 5.65. The summed E-state index contributed by atoms with van der Waals surface area (Å²) in [6, 6.07) is 22.7. The summed E-state index contributed by atoms with van der Waals surface area (Å²) in [5.74, 6) is 1.25. The summed E-state index contributed by atoms with van der Waals surface area (Å²) in [4.78, 5) is 25.7. The molecule has 240 valence electrons. The van der Waals surface area contributed by atoms with E-state index in [1.54, 1.807) is 0 Å². The van der Waals surface area contributed by atoms with Crippen molar-refractivity contribution in [2.75, 3.05) is 39.3 Å². The minimum absolute atomic E-state index is 0. The van der Waals surface area contributed by atoms with Gasteiger partial charge in [-0.15, -0.1) is 12.4 Å². The molecule has 0 radical (unpaired) electrons. The first-order chi connectivity index (χ1) is 20.6. The van der Waals surface area contributed by atoms with Crippen molar-refractivity contribution in [3.05, 3.63) is 99.0 Å². The second-order valence-corrected chi connectivity index (χ2v) is 12.8. The van der Waals surface area contributed by atoms with Gasteiger partial charge in [-0.3, -0.25) is 14.8 Å². The molecular weight excluding hydrogens is 629 g/mol. The van der Waals surface area contributed by atoms with Gasteiger partial charge in [-0.2, -0.15) is 5.26 Å². The number of carbonyl (C=O) groups is 1. The summed E-state index contributed by atoms with van der Waals surface area (Å²) in [5.41, 5.74) is 3.68. The van der Waals surface area contributed by atoms with Crippen molar-refractivity contribution in [3.8, 4) is 11.8 Å². The molecular formula is C35H42Cl3N5O2. The minimum Gasteiger partial charge on any atom is -0.493 e. The predicted octanol–water partition coefficient (Wildman–Crippen LogP) is 8.55. The van der Waals surface area contributed by atoms with Crippen LogP contribution in [0.25, 0.3) is 0 Å². The van der Waals surface area contributed by atoms with Crippen molar-refractivity contribution in [1.29, 1.82) is 5.26 Å². The lowest BCUT2D eigenvalue weighted by atomic mass is 9.86. The third-order valence-corrected chi connectivity index (χ3v) is 8.53. The molecule has 2 atom stereocenters. The number of halogens is 3. The van der Waals surface area contributed by atoms with Gasteiger partial charge in [0.05, 0.1) is 30.8 Å². The van der Waals surface area contributed by atoms with Gasteiger partial charge in [0.1, 0.15) is 17.6 Å². The second kappa shape index (κ2) is 15.3. The Hall–Kier alpha value is -3.28. The van der Waals surface area contributed by atoms with E-state index < -0.39 is 12.1 Å². The summed E-state index contributed by atoms with van der Waals surface area (Å²) in [5, 5.41) is 10.4. The molecule has 45 heavy (non-hydrogen) atoms. The number of amides is 2. The zero-order valence-corrected chi connectivity index (χ0v) is 27.8. The molecule has 0 unspecified atom stereocenters. The molecule has 0 aromatic heterocycles. The Labute approximate surface area is 283 Å². The summed E-state index contributed by atoms with van der Waals surface area (Å²) < 4.78 is 6.21. The Morgan fingerprint density at radius 1 is 0.956 bits per heavy atom. The molecule has 0 saturated carbocycles. The zero-order valence-electron chi connectivity index (χ0n) is 25.5. The molecule has 0 aliphatic carbocycles. The van der Waals surface area contributed by atoms with Gasteiger partial charge < -0.3 is 9.64 Å². The summed E-state index contributed by atoms with van der Waals surface area (Å²) >= 11 is 12.6. The maximum absolute atomic E-state index is 14.6. The van der Waals surface area contributed by atoms with Crippen molar-refractivity contribution < 1.29 is 9.53 Å². The predicted molar refractivity (Wildman–Crippen MR) is 186 cm³/mol. The topological polar surface area (TPSA) is 72.2 Å². The molecule has 0 bridgehead atoms. The average molecular weight is 671 g/mol. The lowest BCUT2D eigenvalue weighted by Gasteiger charge is -2.38. The standard InChI is InChI=1S/C34H37Cl2N5O2.CH4.ClH/c1-5-43-29-22-25(34(2,3)4)10-15-28(29)32-38-30(23-6-11-26(35)12-7-23)31(24-8-13-27(36)14-9-24)41(32)33(42)40-20-18-39(17-16-37)19-21-40;;/h6-15,22,30-31H,5,17-21H2,1-4H3;1H4;1H/t30-,31+;;/m0../s1. The minimum atomic E-state index is -0.435. The Bertz CT molecular complexity index is 1520. The van der Waals surface area contributed by atoms with Gasteiger partial charge in [-0.25, -0.2) is 4.79 Å². The number of nitrogens with zero attached hydrogens (tertiary/aromatic N) is 5. The van der Waals surface area contributed by atoms with Crippen molar-refractivity contribution >= 4 is 47.5 Å². The number of ether oxygens (including phenoxy) is 1. The molecule has 1 fully saturated rings.